The van der Waals surface area contributed by atoms with Crippen LogP contribution < -0.4 is 18.9 Å². The molecule has 492 valence electrons. The zero-order valence-corrected chi connectivity index (χ0v) is 50.6. The molecule has 8 rings (SSSR count). The van der Waals surface area contributed by atoms with Gasteiger partial charge in [-0.1, -0.05) is 109 Å². The number of aryl methyl sites for hydroxylation is 4. The van der Waals surface area contributed by atoms with E-state index in [1.807, 2.05) is 13.8 Å². The third-order valence-corrected chi connectivity index (χ3v) is 14.0. The van der Waals surface area contributed by atoms with Crippen LogP contribution >= 0.6 is 0 Å². The fraction of sp³-hybridized carbons (Fsp3) is 0.324. The summed E-state index contributed by atoms with van der Waals surface area (Å²) in [7, 11) is 0. The summed E-state index contributed by atoms with van der Waals surface area (Å²) in [5, 5.41) is 0. The number of unbranched alkanes of at least 4 members (excludes halogenated alkanes) is 3. The first-order valence-corrected chi connectivity index (χ1v) is 28.8. The zero-order chi connectivity index (χ0) is 66.7. The Morgan fingerprint density at radius 2 is 0.484 bits per heavy atom. The van der Waals surface area contributed by atoms with Crippen LogP contribution in [-0.4, -0.2) is 0 Å². The Morgan fingerprint density at radius 1 is 0.275 bits per heavy atom. The van der Waals surface area contributed by atoms with E-state index in [-0.39, 0.29) is 51.9 Å². The van der Waals surface area contributed by atoms with E-state index < -0.39 is 94.0 Å². The molecule has 20 heteroatoms. The summed E-state index contributed by atoms with van der Waals surface area (Å²) in [5.41, 5.74) is 1.36. The van der Waals surface area contributed by atoms with Crippen molar-refractivity contribution in [2.45, 2.75) is 151 Å². The molecule has 0 aliphatic heterocycles. The third-order valence-electron chi connectivity index (χ3n) is 14.0. The molecule has 0 saturated carbocycles. The van der Waals surface area contributed by atoms with E-state index in [1.165, 1.54) is 76.2 Å². The third kappa shape index (κ3) is 22.0. The number of rotatable bonds is 22. The molecular weight excluding hydrogens is 1220 g/mol. The maximum Gasteiger partial charge on any atom is 0.426 e. The monoisotopic (exact) mass is 1290 g/mol. The average Bonchev–Trinajstić information content (AvgIpc) is 2.10. The molecule has 0 radical (unpaired) electrons. The lowest BCUT2D eigenvalue weighted by Crippen LogP contribution is -2.22. The van der Waals surface area contributed by atoms with E-state index in [4.69, 9.17) is 0 Å². The van der Waals surface area contributed by atoms with Crippen molar-refractivity contribution < 1.29 is 89.2 Å². The van der Waals surface area contributed by atoms with Gasteiger partial charge in [0.05, 0.1) is 22.3 Å². The zero-order valence-electron chi connectivity index (χ0n) is 50.6. The van der Waals surface area contributed by atoms with Crippen LogP contribution in [0.4, 0.5) is 70.2 Å². The molecule has 0 unspecified atom stereocenters. The van der Waals surface area contributed by atoms with E-state index in [1.54, 1.807) is 48.5 Å². The molecule has 4 nitrogen and oxygen atoms in total. The molecule has 0 bridgehead atoms. The smallest absolute Gasteiger partial charge is 0.426 e. The summed E-state index contributed by atoms with van der Waals surface area (Å²) in [6.07, 6.45) is -5.42. The molecule has 0 heterocycles. The van der Waals surface area contributed by atoms with E-state index in [0.717, 1.165) is 135 Å². The van der Waals surface area contributed by atoms with Crippen LogP contribution in [0.15, 0.2) is 146 Å². The minimum Gasteiger partial charge on any atom is -0.429 e. The van der Waals surface area contributed by atoms with Crippen molar-refractivity contribution >= 4 is 0 Å². The largest absolute Gasteiger partial charge is 0.429 e. The van der Waals surface area contributed by atoms with Crippen molar-refractivity contribution in [1.82, 2.24) is 0 Å². The van der Waals surface area contributed by atoms with Crippen LogP contribution in [0.2, 0.25) is 0 Å². The number of halogens is 16. The van der Waals surface area contributed by atoms with Crippen molar-refractivity contribution in [2.75, 3.05) is 0 Å². The molecule has 0 aromatic heterocycles. The van der Waals surface area contributed by atoms with Gasteiger partial charge >= 0.3 is 24.4 Å². The van der Waals surface area contributed by atoms with Gasteiger partial charge < -0.3 is 18.9 Å². The van der Waals surface area contributed by atoms with Crippen LogP contribution in [0.25, 0.3) is 0 Å². The molecule has 0 aliphatic carbocycles. The Bertz CT molecular complexity index is 3480. The molecule has 0 amide bonds. The van der Waals surface area contributed by atoms with Gasteiger partial charge in [-0.05, 0) is 137 Å². The summed E-state index contributed by atoms with van der Waals surface area (Å²) in [6.45, 7) is 12.9. The highest BCUT2D eigenvalue weighted by Gasteiger charge is 2.38. The number of alkyl halides is 8. The normalized spacial score (nSPS) is 11.4. The van der Waals surface area contributed by atoms with Gasteiger partial charge in [0, 0.05) is 70.8 Å². The Labute approximate surface area is 520 Å². The minimum absolute atomic E-state index is 0. The molecule has 0 atom stereocenters. The van der Waals surface area contributed by atoms with Crippen molar-refractivity contribution in [3.05, 3.63) is 259 Å². The van der Waals surface area contributed by atoms with Crippen LogP contribution in [-0.2, 0) is 50.1 Å². The van der Waals surface area contributed by atoms with Crippen LogP contribution in [0.5, 0.6) is 23.0 Å². The highest BCUT2D eigenvalue weighted by molar-refractivity contribution is 5.36. The average molecular weight is 1290 g/mol. The Kier molecular flexibility index (Phi) is 27.9. The number of benzene rings is 8. The van der Waals surface area contributed by atoms with E-state index in [2.05, 4.69) is 32.8 Å². The standard InChI is InChI=1S/C19H20F4O.C18H18F4O.C17H16F4O.C16H14F4O.CH4/c1-3-4-5-6-14-7-9-15(10-8-14)19(22,23)24-16-11-17(20)13(2)18(21)12-16;1-3-4-5-13-6-8-14(9-7-13)18(21,22)23-15-10-16(19)12(2)17(20)11-15;1-3-4-12-5-7-13(8-6-12)17(20,21)22-14-9-15(18)11(2)16(19)10-14;1-3-11-4-6-12(7-5-11)16(19,20)21-13-8-14(17)10(2)15(18)9-13;/h7-12H,3-6H2,1-2H3;6-11H,3-5H2,1-2H3;5-10H,3-4H2,1-2H3;4-9H,3H2,1-2H3;1H4. The quantitative estimate of drug-likeness (QED) is 0.0501. The SMILES string of the molecule is C.CCCCCc1ccc(C(F)(F)Oc2cc(F)c(C)c(F)c2)cc1.CCCCc1ccc(C(F)(F)Oc2cc(F)c(C)c(F)c2)cc1.CCCc1ccc(C(F)(F)Oc2cc(F)c(C)c(F)c2)cc1.CCc1ccc(C(F)(F)Oc2cc(F)c(C)c(F)c2)cc1. The predicted molar refractivity (Wildman–Crippen MR) is 320 cm³/mol. The van der Waals surface area contributed by atoms with Crippen molar-refractivity contribution in [3.8, 4) is 23.0 Å². The van der Waals surface area contributed by atoms with Gasteiger partial charge in [-0.25, -0.2) is 35.1 Å². The highest BCUT2D eigenvalue weighted by atomic mass is 19.3. The first kappa shape index (κ1) is 75.3. The van der Waals surface area contributed by atoms with Crippen molar-refractivity contribution in [1.29, 1.82) is 0 Å². The minimum atomic E-state index is -3.67. The Morgan fingerprint density at radius 3 is 0.692 bits per heavy atom. The van der Waals surface area contributed by atoms with Crippen LogP contribution in [0.3, 0.4) is 0 Å². The second-order valence-electron chi connectivity index (χ2n) is 21.0. The van der Waals surface area contributed by atoms with Crippen molar-refractivity contribution in [3.63, 3.8) is 0 Å². The van der Waals surface area contributed by atoms with Crippen molar-refractivity contribution in [2.24, 2.45) is 0 Å². The lowest BCUT2D eigenvalue weighted by molar-refractivity contribution is -0.186. The molecule has 8 aromatic carbocycles. The summed E-state index contributed by atoms with van der Waals surface area (Å²) in [6, 6.07) is 28.8. The number of hydrogen-bond acceptors (Lipinski definition) is 4. The van der Waals surface area contributed by atoms with E-state index in [9.17, 15) is 70.2 Å². The lowest BCUT2D eigenvalue weighted by atomic mass is 10.1. The maximum absolute atomic E-state index is 14.2. The molecule has 0 spiro atoms. The summed E-state index contributed by atoms with van der Waals surface area (Å²) < 4.78 is 238. The number of hydrogen-bond donors (Lipinski definition) is 0. The highest BCUT2D eigenvalue weighted by Crippen LogP contribution is 2.38. The topological polar surface area (TPSA) is 36.9 Å². The summed E-state index contributed by atoms with van der Waals surface area (Å²) in [4.78, 5) is 0. The fourth-order valence-corrected chi connectivity index (χ4v) is 8.33. The van der Waals surface area contributed by atoms with Gasteiger partial charge in [0.2, 0.25) is 0 Å². The second kappa shape index (κ2) is 33.8. The van der Waals surface area contributed by atoms with Gasteiger partial charge in [0.25, 0.3) is 0 Å². The predicted octanol–water partition coefficient (Wildman–Crippen LogP) is 22.8. The van der Waals surface area contributed by atoms with Gasteiger partial charge in [-0.3, -0.25) is 0 Å². The maximum atomic E-state index is 14.2. The van der Waals surface area contributed by atoms with Gasteiger partial charge in [0.15, 0.2) is 0 Å². The fourth-order valence-electron chi connectivity index (χ4n) is 8.33. The summed E-state index contributed by atoms with van der Waals surface area (Å²) in [5.74, 6) is -9.62. The van der Waals surface area contributed by atoms with Crippen LogP contribution in [0, 0.1) is 74.2 Å². The molecule has 0 fully saturated rings. The van der Waals surface area contributed by atoms with Gasteiger partial charge in [0.1, 0.15) is 69.5 Å². The molecule has 0 aliphatic rings. The summed E-state index contributed by atoms with van der Waals surface area (Å²) >= 11 is 0. The molecular formula is C71H72F16O4. The van der Waals surface area contributed by atoms with E-state index >= 15 is 0 Å². The number of ether oxygens (including phenoxy) is 4. The first-order valence-electron chi connectivity index (χ1n) is 28.8. The molecule has 0 saturated heterocycles. The Hall–Kier alpha value is -8.16. The van der Waals surface area contributed by atoms with Gasteiger partial charge in [-0.2, -0.15) is 35.1 Å². The van der Waals surface area contributed by atoms with E-state index in [0.29, 0.717) is 0 Å². The lowest BCUT2D eigenvalue weighted by Gasteiger charge is -2.19. The second-order valence-corrected chi connectivity index (χ2v) is 21.0. The molecule has 0 N–H and O–H groups in total. The first-order chi connectivity index (χ1) is 42.3. The Balaban J connectivity index is 0.000000258. The van der Waals surface area contributed by atoms with Gasteiger partial charge in [-0.15, -0.1) is 0 Å². The van der Waals surface area contributed by atoms with Crippen LogP contribution in [0.1, 0.15) is 140 Å². The molecule has 8 aromatic rings. The molecule has 91 heavy (non-hydrogen) atoms.